The Balaban J connectivity index is 1.74. The molecule has 4 nitrogen and oxygen atoms in total. The van der Waals surface area contributed by atoms with E-state index in [4.69, 9.17) is 11.6 Å². The van der Waals surface area contributed by atoms with E-state index in [1.54, 1.807) is 0 Å². The highest BCUT2D eigenvalue weighted by molar-refractivity contribution is 6.33. The fraction of sp³-hybridized carbons (Fsp3) is 0.444. The molecular weight excluding hydrogens is 308 g/mol. The van der Waals surface area contributed by atoms with Gasteiger partial charge < -0.3 is 10.6 Å². The first-order valence-electron chi connectivity index (χ1n) is 8.34. The second kappa shape index (κ2) is 7.64. The van der Waals surface area contributed by atoms with Crippen molar-refractivity contribution < 1.29 is 0 Å². The molecule has 2 aromatic rings. The molecule has 0 saturated heterocycles. The molecule has 1 aromatic carbocycles. The van der Waals surface area contributed by atoms with Crippen molar-refractivity contribution in [1.82, 2.24) is 9.97 Å². The Morgan fingerprint density at radius 3 is 2.43 bits per heavy atom. The molecule has 1 fully saturated rings. The molecule has 122 valence electrons. The lowest BCUT2D eigenvalue weighted by molar-refractivity contribution is 0.617. The van der Waals surface area contributed by atoms with Crippen LogP contribution in [0.3, 0.4) is 0 Å². The molecule has 0 atom stereocenters. The number of rotatable bonds is 4. The summed E-state index contributed by atoms with van der Waals surface area (Å²) in [6.45, 7) is 1.91. The third-order valence-electron chi connectivity index (χ3n) is 4.18. The van der Waals surface area contributed by atoms with Gasteiger partial charge in [0.2, 0.25) is 0 Å². The minimum Gasteiger partial charge on any atom is -0.367 e. The molecule has 0 aliphatic heterocycles. The minimum atomic E-state index is 0.514. The van der Waals surface area contributed by atoms with Crippen molar-refractivity contribution in [2.45, 2.75) is 51.5 Å². The van der Waals surface area contributed by atoms with E-state index in [1.807, 2.05) is 37.3 Å². The third-order valence-corrected chi connectivity index (χ3v) is 4.51. The van der Waals surface area contributed by atoms with Gasteiger partial charge in [0.05, 0.1) is 10.7 Å². The third kappa shape index (κ3) is 4.58. The molecule has 0 bridgehead atoms. The van der Waals surface area contributed by atoms with E-state index in [0.717, 1.165) is 23.1 Å². The van der Waals surface area contributed by atoms with Gasteiger partial charge in [-0.15, -0.1) is 0 Å². The molecule has 0 amide bonds. The van der Waals surface area contributed by atoms with Crippen molar-refractivity contribution in [3.8, 4) is 0 Å². The summed E-state index contributed by atoms with van der Waals surface area (Å²) >= 11 is 6.21. The summed E-state index contributed by atoms with van der Waals surface area (Å²) in [5.41, 5.74) is 0.854. The van der Waals surface area contributed by atoms with Crippen molar-refractivity contribution >= 4 is 28.9 Å². The van der Waals surface area contributed by atoms with Crippen LogP contribution in [0.15, 0.2) is 30.3 Å². The number of anilines is 3. The Morgan fingerprint density at radius 1 is 1.00 bits per heavy atom. The van der Waals surface area contributed by atoms with Gasteiger partial charge in [-0.2, -0.15) is 0 Å². The van der Waals surface area contributed by atoms with Crippen LogP contribution >= 0.6 is 11.6 Å². The molecule has 1 heterocycles. The molecule has 5 heteroatoms. The number of nitrogens with zero attached hydrogens (tertiary/aromatic N) is 2. The van der Waals surface area contributed by atoms with Gasteiger partial charge >= 0.3 is 0 Å². The normalized spacial score (nSPS) is 15.9. The van der Waals surface area contributed by atoms with E-state index in [-0.39, 0.29) is 0 Å². The van der Waals surface area contributed by atoms with Gasteiger partial charge in [0.1, 0.15) is 17.5 Å². The summed E-state index contributed by atoms with van der Waals surface area (Å²) in [7, 11) is 0. The molecular formula is C18H23ClN4. The van der Waals surface area contributed by atoms with Gasteiger partial charge in [-0.1, -0.05) is 49.4 Å². The Labute approximate surface area is 142 Å². The van der Waals surface area contributed by atoms with Gasteiger partial charge in [0.25, 0.3) is 0 Å². The molecule has 1 aliphatic carbocycles. The van der Waals surface area contributed by atoms with E-state index in [9.17, 15) is 0 Å². The first-order valence-corrected chi connectivity index (χ1v) is 8.72. The van der Waals surface area contributed by atoms with Gasteiger partial charge in [-0.05, 0) is 31.9 Å². The second-order valence-corrected chi connectivity index (χ2v) is 6.53. The molecule has 0 unspecified atom stereocenters. The lowest BCUT2D eigenvalue weighted by Crippen LogP contribution is -2.19. The Hall–Kier alpha value is -1.81. The summed E-state index contributed by atoms with van der Waals surface area (Å²) in [6, 6.07) is 10.1. The maximum Gasteiger partial charge on any atom is 0.136 e. The van der Waals surface area contributed by atoms with Crippen LogP contribution in [0, 0.1) is 6.92 Å². The molecule has 1 aromatic heterocycles. The number of hydrogen-bond donors (Lipinski definition) is 2. The maximum absolute atomic E-state index is 6.21. The number of benzene rings is 1. The lowest BCUT2D eigenvalue weighted by Gasteiger charge is -2.18. The van der Waals surface area contributed by atoms with E-state index >= 15 is 0 Å². The minimum absolute atomic E-state index is 0.514. The second-order valence-electron chi connectivity index (χ2n) is 6.12. The highest BCUT2D eigenvalue weighted by Crippen LogP contribution is 2.26. The fourth-order valence-corrected chi connectivity index (χ4v) is 3.22. The highest BCUT2D eigenvalue weighted by Gasteiger charge is 2.13. The lowest BCUT2D eigenvalue weighted by atomic mass is 10.1. The summed E-state index contributed by atoms with van der Waals surface area (Å²) in [4.78, 5) is 8.99. The maximum atomic E-state index is 6.21. The van der Waals surface area contributed by atoms with E-state index < -0.39 is 0 Å². The topological polar surface area (TPSA) is 49.8 Å². The summed E-state index contributed by atoms with van der Waals surface area (Å²) < 4.78 is 0. The highest BCUT2D eigenvalue weighted by atomic mass is 35.5. The largest absolute Gasteiger partial charge is 0.367 e. The van der Waals surface area contributed by atoms with Crippen LogP contribution in [0.4, 0.5) is 17.3 Å². The van der Waals surface area contributed by atoms with Crippen molar-refractivity contribution in [2.75, 3.05) is 10.6 Å². The van der Waals surface area contributed by atoms with Gasteiger partial charge in [-0.25, -0.2) is 9.97 Å². The smallest absolute Gasteiger partial charge is 0.136 e. The number of hydrogen-bond acceptors (Lipinski definition) is 4. The fourth-order valence-electron chi connectivity index (χ4n) is 3.04. The van der Waals surface area contributed by atoms with E-state index in [0.29, 0.717) is 11.1 Å². The standard InChI is InChI=1S/C18H23ClN4/c1-13-20-17(22-14-8-4-2-3-5-9-14)12-18(21-13)23-16-11-7-6-10-15(16)19/h6-7,10-12,14H,2-5,8-9H2,1H3,(H2,20,21,22,23). The monoisotopic (exact) mass is 330 g/mol. The van der Waals surface area contributed by atoms with Crippen LogP contribution in [0.1, 0.15) is 44.3 Å². The van der Waals surface area contributed by atoms with Crippen LogP contribution in [0.5, 0.6) is 0 Å². The average Bonchev–Trinajstić information content (AvgIpc) is 2.78. The number of aryl methyl sites for hydroxylation is 1. The number of nitrogens with one attached hydrogen (secondary N) is 2. The van der Waals surface area contributed by atoms with E-state index in [1.165, 1.54) is 38.5 Å². The Morgan fingerprint density at radius 2 is 1.70 bits per heavy atom. The quantitative estimate of drug-likeness (QED) is 0.745. The molecule has 1 aliphatic rings. The molecule has 1 saturated carbocycles. The summed E-state index contributed by atoms with van der Waals surface area (Å²) in [5, 5.41) is 7.54. The number of para-hydroxylation sites is 1. The summed E-state index contributed by atoms with van der Waals surface area (Å²) in [5.74, 6) is 2.40. The van der Waals surface area contributed by atoms with E-state index in [2.05, 4.69) is 20.6 Å². The molecule has 0 radical (unpaired) electrons. The summed E-state index contributed by atoms with van der Waals surface area (Å²) in [6.07, 6.45) is 7.73. The predicted molar refractivity (Wildman–Crippen MR) is 96.6 cm³/mol. The molecule has 2 N–H and O–H groups in total. The zero-order chi connectivity index (χ0) is 16.1. The Bertz CT molecular complexity index is 651. The van der Waals surface area contributed by atoms with Crippen molar-refractivity contribution in [3.63, 3.8) is 0 Å². The van der Waals surface area contributed by atoms with Gasteiger partial charge in [0, 0.05) is 12.1 Å². The average molecular weight is 331 g/mol. The molecule has 23 heavy (non-hydrogen) atoms. The van der Waals surface area contributed by atoms with Crippen LogP contribution < -0.4 is 10.6 Å². The zero-order valence-corrected chi connectivity index (χ0v) is 14.2. The van der Waals surface area contributed by atoms with Crippen LogP contribution in [0.25, 0.3) is 0 Å². The first-order chi connectivity index (χ1) is 11.2. The zero-order valence-electron chi connectivity index (χ0n) is 13.5. The molecule has 3 rings (SSSR count). The van der Waals surface area contributed by atoms with Crippen LogP contribution in [-0.4, -0.2) is 16.0 Å². The van der Waals surface area contributed by atoms with Gasteiger partial charge in [0.15, 0.2) is 0 Å². The molecule has 0 spiro atoms. The Kier molecular flexibility index (Phi) is 5.34. The van der Waals surface area contributed by atoms with Crippen LogP contribution in [0.2, 0.25) is 5.02 Å². The predicted octanol–water partition coefficient (Wildman–Crippen LogP) is 5.32. The van der Waals surface area contributed by atoms with Crippen molar-refractivity contribution in [1.29, 1.82) is 0 Å². The SMILES string of the molecule is Cc1nc(Nc2ccccc2Cl)cc(NC2CCCCCC2)n1. The van der Waals surface area contributed by atoms with Gasteiger partial charge in [-0.3, -0.25) is 0 Å². The van der Waals surface area contributed by atoms with Crippen molar-refractivity contribution in [3.05, 3.63) is 41.2 Å². The van der Waals surface area contributed by atoms with Crippen molar-refractivity contribution in [2.24, 2.45) is 0 Å². The number of aromatic nitrogens is 2. The van der Waals surface area contributed by atoms with Crippen LogP contribution in [-0.2, 0) is 0 Å². The number of halogens is 1. The first kappa shape index (κ1) is 16.1.